The first-order valence-corrected chi connectivity index (χ1v) is 14.7. The maximum absolute atomic E-state index is 13.2. The zero-order valence-electron chi connectivity index (χ0n) is 26.9. The molecule has 2 heterocycles. The summed E-state index contributed by atoms with van der Waals surface area (Å²) in [6.07, 6.45) is -9.06. The molecule has 0 saturated carbocycles. The highest BCUT2D eigenvalue weighted by Gasteiger charge is 2.60. The third kappa shape index (κ3) is 8.57. The van der Waals surface area contributed by atoms with Gasteiger partial charge in [-0.25, -0.2) is 4.79 Å². The van der Waals surface area contributed by atoms with Gasteiger partial charge in [-0.1, -0.05) is 44.2 Å². The Kier molecular flexibility index (Phi) is 13.3. The van der Waals surface area contributed by atoms with Gasteiger partial charge < -0.3 is 47.4 Å². The zero-order valence-corrected chi connectivity index (χ0v) is 26.9. The Bertz CT molecular complexity index is 1140. The summed E-state index contributed by atoms with van der Waals surface area (Å²) in [5.74, 6) is -3.21. The fraction of sp³-hybridized carbons (Fsp3) is 0.677. The van der Waals surface area contributed by atoms with Gasteiger partial charge in [0, 0.05) is 40.9 Å². The largest absolute Gasteiger partial charge is 0.467 e. The van der Waals surface area contributed by atoms with Gasteiger partial charge in [-0.3, -0.25) is 14.4 Å². The van der Waals surface area contributed by atoms with Gasteiger partial charge >= 0.3 is 23.9 Å². The average Bonchev–Trinajstić information content (AvgIpc) is 3.00. The van der Waals surface area contributed by atoms with Crippen molar-refractivity contribution in [3.63, 3.8) is 0 Å². The van der Waals surface area contributed by atoms with Gasteiger partial charge in [-0.15, -0.1) is 0 Å². The van der Waals surface area contributed by atoms with E-state index in [1.807, 2.05) is 30.3 Å². The van der Waals surface area contributed by atoms with Crippen LogP contribution in [-0.2, 0) is 73.2 Å². The number of benzene rings is 1. The first-order chi connectivity index (χ1) is 21.4. The van der Waals surface area contributed by atoms with Gasteiger partial charge in [-0.05, 0) is 12.0 Å². The minimum atomic E-state index is -1.50. The van der Waals surface area contributed by atoms with Gasteiger partial charge in [0.15, 0.2) is 24.1 Å². The van der Waals surface area contributed by atoms with Gasteiger partial charge in [0.25, 0.3) is 0 Å². The van der Waals surface area contributed by atoms with Crippen LogP contribution in [0.5, 0.6) is 0 Å². The Balaban J connectivity index is 2.10. The lowest BCUT2D eigenvalue weighted by molar-refractivity contribution is -0.369. The van der Waals surface area contributed by atoms with Crippen molar-refractivity contribution in [2.24, 2.45) is 5.92 Å². The topological polar surface area (TPSA) is 161 Å². The SMILES string of the molecule is CCC1(C(=O)OC)O[C@@H](O[C@H]2C(COC(C)=O)OC(OC(C)=O)C(OCc3ccccc3)[C@H]2OC(C)=O)C(OC)[C@@H](OC)[C@H]1C. The Morgan fingerprint density at radius 1 is 0.800 bits per heavy atom. The van der Waals surface area contributed by atoms with Crippen LogP contribution in [0.3, 0.4) is 0 Å². The molecule has 5 unspecified atom stereocenters. The summed E-state index contributed by atoms with van der Waals surface area (Å²) < 4.78 is 58.4. The lowest BCUT2D eigenvalue weighted by Gasteiger charge is -2.52. The molecule has 14 nitrogen and oxygen atoms in total. The molecule has 0 N–H and O–H groups in total. The molecule has 0 aromatic heterocycles. The lowest BCUT2D eigenvalue weighted by Crippen LogP contribution is -2.68. The van der Waals surface area contributed by atoms with Crippen molar-refractivity contribution in [2.75, 3.05) is 27.9 Å². The van der Waals surface area contributed by atoms with Crippen LogP contribution in [0, 0.1) is 5.92 Å². The molecule has 1 aromatic rings. The summed E-state index contributed by atoms with van der Waals surface area (Å²) in [4.78, 5) is 49.7. The Morgan fingerprint density at radius 2 is 1.44 bits per heavy atom. The van der Waals surface area contributed by atoms with Crippen molar-refractivity contribution in [3.05, 3.63) is 35.9 Å². The lowest BCUT2D eigenvalue weighted by atomic mass is 9.77. The molecule has 0 amide bonds. The Morgan fingerprint density at radius 3 is 1.98 bits per heavy atom. The maximum Gasteiger partial charge on any atom is 0.338 e. The molecule has 3 rings (SSSR count). The van der Waals surface area contributed by atoms with Crippen molar-refractivity contribution < 1.29 is 66.5 Å². The molecule has 2 aliphatic rings. The third-order valence-electron chi connectivity index (χ3n) is 7.95. The highest BCUT2D eigenvalue weighted by atomic mass is 16.8. The molecule has 14 heteroatoms. The van der Waals surface area contributed by atoms with E-state index in [9.17, 15) is 19.2 Å². The van der Waals surface area contributed by atoms with Crippen LogP contribution in [0.4, 0.5) is 0 Å². The quantitative estimate of drug-likeness (QED) is 0.228. The van der Waals surface area contributed by atoms with Crippen LogP contribution in [0.25, 0.3) is 0 Å². The van der Waals surface area contributed by atoms with Crippen LogP contribution in [-0.4, -0.2) is 107 Å². The van der Waals surface area contributed by atoms with E-state index in [1.54, 1.807) is 13.8 Å². The second-order valence-electron chi connectivity index (χ2n) is 10.8. The highest BCUT2D eigenvalue weighted by Crippen LogP contribution is 2.42. The normalized spacial score (nSPS) is 33.1. The van der Waals surface area contributed by atoms with E-state index in [1.165, 1.54) is 42.1 Å². The fourth-order valence-corrected chi connectivity index (χ4v) is 5.79. The molecule has 0 radical (unpaired) electrons. The zero-order chi connectivity index (χ0) is 33.3. The van der Waals surface area contributed by atoms with Crippen LogP contribution < -0.4 is 0 Å². The maximum atomic E-state index is 13.2. The number of esters is 4. The molecule has 0 spiro atoms. The summed E-state index contributed by atoms with van der Waals surface area (Å²) in [7, 11) is 4.15. The second kappa shape index (κ2) is 16.4. The van der Waals surface area contributed by atoms with E-state index in [0.29, 0.717) is 0 Å². The predicted molar refractivity (Wildman–Crippen MR) is 153 cm³/mol. The molecule has 0 aliphatic carbocycles. The summed E-state index contributed by atoms with van der Waals surface area (Å²) in [6.45, 7) is 6.77. The van der Waals surface area contributed by atoms with E-state index in [4.69, 9.17) is 47.4 Å². The second-order valence-corrected chi connectivity index (χ2v) is 10.8. The Hall–Kier alpha value is -3.14. The van der Waals surface area contributed by atoms with Crippen molar-refractivity contribution in [1.29, 1.82) is 0 Å². The van der Waals surface area contributed by atoms with E-state index in [2.05, 4.69) is 0 Å². The third-order valence-corrected chi connectivity index (χ3v) is 7.95. The number of methoxy groups -OCH3 is 3. The first kappa shape index (κ1) is 36.3. The molecule has 0 bridgehead atoms. The number of carbonyl (C=O) groups excluding carboxylic acids is 4. The van der Waals surface area contributed by atoms with E-state index in [-0.39, 0.29) is 19.6 Å². The summed E-state index contributed by atoms with van der Waals surface area (Å²) in [5, 5.41) is 0. The molecular weight excluding hydrogens is 596 g/mol. The summed E-state index contributed by atoms with van der Waals surface area (Å²) in [5.41, 5.74) is -0.728. The van der Waals surface area contributed by atoms with E-state index in [0.717, 1.165) is 5.56 Å². The number of hydrogen-bond donors (Lipinski definition) is 0. The molecule has 2 saturated heterocycles. The number of ether oxygens (including phenoxy) is 10. The van der Waals surface area contributed by atoms with Gasteiger partial charge in [0.2, 0.25) is 6.29 Å². The van der Waals surface area contributed by atoms with Crippen molar-refractivity contribution >= 4 is 23.9 Å². The monoisotopic (exact) mass is 640 g/mol. The van der Waals surface area contributed by atoms with Crippen LogP contribution in [0.15, 0.2) is 30.3 Å². The Labute approximate surface area is 262 Å². The molecule has 2 fully saturated rings. The van der Waals surface area contributed by atoms with Crippen LogP contribution >= 0.6 is 0 Å². The summed E-state index contributed by atoms with van der Waals surface area (Å²) >= 11 is 0. The summed E-state index contributed by atoms with van der Waals surface area (Å²) in [6, 6.07) is 9.14. The standard InChI is InChI=1S/C31H44O14/c1-9-31(30(35)38-8)17(2)23(36-6)26(37-7)29(45-31)44-24-22(16-39-18(3)32)43-28(42-20(5)34)27(25(24)41-19(4)33)40-15-21-13-11-10-12-14-21/h10-14,17,22-29H,9,15-16H2,1-8H3/t17-,22?,23+,24+,25+,26?,27?,28?,29-,31?/m1/s1. The average molecular weight is 641 g/mol. The fourth-order valence-electron chi connectivity index (χ4n) is 5.79. The molecule has 2 aliphatic heterocycles. The minimum absolute atomic E-state index is 0.0247. The van der Waals surface area contributed by atoms with E-state index >= 15 is 0 Å². The molecule has 1 aromatic carbocycles. The predicted octanol–water partition coefficient (Wildman–Crippen LogP) is 2.08. The molecule has 252 valence electrons. The first-order valence-electron chi connectivity index (χ1n) is 14.7. The smallest absolute Gasteiger partial charge is 0.338 e. The number of carbonyl (C=O) groups is 4. The van der Waals surface area contributed by atoms with Crippen molar-refractivity contribution in [2.45, 2.75) is 102 Å². The van der Waals surface area contributed by atoms with Gasteiger partial charge in [-0.2, -0.15) is 0 Å². The minimum Gasteiger partial charge on any atom is -0.467 e. The van der Waals surface area contributed by atoms with Crippen LogP contribution in [0.1, 0.15) is 46.6 Å². The van der Waals surface area contributed by atoms with Crippen molar-refractivity contribution in [1.82, 2.24) is 0 Å². The van der Waals surface area contributed by atoms with E-state index < -0.39 is 84.6 Å². The molecule has 10 atom stereocenters. The molecule has 45 heavy (non-hydrogen) atoms. The van der Waals surface area contributed by atoms with Crippen LogP contribution in [0.2, 0.25) is 0 Å². The number of hydrogen-bond acceptors (Lipinski definition) is 14. The molecular formula is C31H44O14. The van der Waals surface area contributed by atoms with Gasteiger partial charge in [0.05, 0.1) is 19.8 Å². The van der Waals surface area contributed by atoms with Gasteiger partial charge in [0.1, 0.15) is 24.9 Å². The van der Waals surface area contributed by atoms with Crippen molar-refractivity contribution in [3.8, 4) is 0 Å². The highest BCUT2D eigenvalue weighted by molar-refractivity contribution is 5.80. The number of rotatable bonds is 13.